The van der Waals surface area contributed by atoms with E-state index >= 15 is 0 Å². The summed E-state index contributed by atoms with van der Waals surface area (Å²) in [5, 5.41) is 8.70. The minimum atomic E-state index is -3.47. The highest BCUT2D eigenvalue weighted by Crippen LogP contribution is 2.21. The Morgan fingerprint density at radius 3 is 2.53 bits per heavy atom. The molecule has 0 amide bonds. The Morgan fingerprint density at radius 1 is 1.47 bits per heavy atom. The second kappa shape index (κ2) is 3.90. The predicted molar refractivity (Wildman–Crippen MR) is 55.5 cm³/mol. The van der Waals surface area contributed by atoms with Crippen LogP contribution in [0, 0.1) is 0 Å². The van der Waals surface area contributed by atoms with Gasteiger partial charge in [-0.25, -0.2) is 13.2 Å². The van der Waals surface area contributed by atoms with Crippen LogP contribution in [0.5, 0.6) is 0 Å². The van der Waals surface area contributed by atoms with E-state index in [2.05, 4.69) is 0 Å². The number of nitrogens with two attached hydrogens (primary N) is 1. The molecule has 1 aromatic rings. The summed E-state index contributed by atoms with van der Waals surface area (Å²) in [6, 6.07) is 3.63. The lowest BCUT2D eigenvalue weighted by molar-refractivity contribution is 0.0696. The first-order valence-corrected chi connectivity index (χ1v) is 5.89. The molecule has 6 heteroatoms. The van der Waals surface area contributed by atoms with Gasteiger partial charge in [0.2, 0.25) is 0 Å². The molecule has 0 fully saturated rings. The standard InChI is InChI=1S/C9H11NO4S/c1-2-15(13,14)8-5-6(9(11)12)3-4-7(8)10/h3-5H,2,10H2,1H3,(H,11,12). The number of hydrogen-bond donors (Lipinski definition) is 2. The van der Waals surface area contributed by atoms with Crippen molar-refractivity contribution in [3.05, 3.63) is 23.8 Å². The van der Waals surface area contributed by atoms with E-state index in [1.807, 2.05) is 0 Å². The van der Waals surface area contributed by atoms with Crippen LogP contribution in [0.3, 0.4) is 0 Å². The molecule has 0 radical (unpaired) electrons. The summed E-state index contributed by atoms with van der Waals surface area (Å²) in [5.41, 5.74) is 5.46. The number of carbonyl (C=O) groups is 1. The predicted octanol–water partition coefficient (Wildman–Crippen LogP) is 0.761. The summed E-state index contributed by atoms with van der Waals surface area (Å²) in [5.74, 6) is -1.29. The maximum absolute atomic E-state index is 11.5. The van der Waals surface area contributed by atoms with Crippen molar-refractivity contribution in [2.75, 3.05) is 11.5 Å². The number of carboxylic acid groups (broad SMARTS) is 1. The Hall–Kier alpha value is -1.56. The van der Waals surface area contributed by atoms with Gasteiger partial charge in [0, 0.05) is 0 Å². The molecule has 1 aromatic carbocycles. The van der Waals surface area contributed by atoms with Gasteiger partial charge in [0.1, 0.15) is 0 Å². The van der Waals surface area contributed by atoms with Gasteiger partial charge < -0.3 is 10.8 Å². The molecule has 0 aliphatic heterocycles. The number of benzene rings is 1. The van der Waals surface area contributed by atoms with Gasteiger partial charge in [0.15, 0.2) is 9.84 Å². The van der Waals surface area contributed by atoms with Crippen LogP contribution in [0.1, 0.15) is 17.3 Å². The summed E-state index contributed by atoms with van der Waals surface area (Å²) in [6.45, 7) is 1.47. The molecule has 1 rings (SSSR count). The first-order valence-electron chi connectivity index (χ1n) is 4.24. The molecule has 0 bridgehead atoms. The highest BCUT2D eigenvalue weighted by molar-refractivity contribution is 7.91. The van der Waals surface area contributed by atoms with Gasteiger partial charge in [0.25, 0.3) is 0 Å². The van der Waals surface area contributed by atoms with Crippen LogP contribution in [-0.2, 0) is 9.84 Å². The van der Waals surface area contributed by atoms with E-state index in [1.54, 1.807) is 0 Å². The van der Waals surface area contributed by atoms with E-state index in [9.17, 15) is 13.2 Å². The Morgan fingerprint density at radius 2 is 2.07 bits per heavy atom. The zero-order valence-corrected chi connectivity index (χ0v) is 8.91. The van der Waals surface area contributed by atoms with E-state index in [4.69, 9.17) is 10.8 Å². The van der Waals surface area contributed by atoms with Gasteiger partial charge in [-0.3, -0.25) is 0 Å². The van der Waals surface area contributed by atoms with Crippen molar-refractivity contribution in [1.82, 2.24) is 0 Å². The Balaban J connectivity index is 3.42. The zero-order valence-electron chi connectivity index (χ0n) is 8.10. The lowest BCUT2D eigenvalue weighted by Gasteiger charge is -2.06. The molecule has 0 unspecified atom stereocenters. The van der Waals surface area contributed by atoms with Crippen LogP contribution in [0.25, 0.3) is 0 Å². The molecule has 0 aliphatic carbocycles. The molecular formula is C9H11NO4S. The SMILES string of the molecule is CCS(=O)(=O)c1cc(C(=O)O)ccc1N. The average Bonchev–Trinajstić information content (AvgIpc) is 2.17. The van der Waals surface area contributed by atoms with E-state index in [0.717, 1.165) is 6.07 Å². The first-order chi connectivity index (χ1) is 6.88. The van der Waals surface area contributed by atoms with Crippen LogP contribution in [0.4, 0.5) is 5.69 Å². The van der Waals surface area contributed by atoms with Gasteiger partial charge in [-0.15, -0.1) is 0 Å². The monoisotopic (exact) mass is 229 g/mol. The lowest BCUT2D eigenvalue weighted by atomic mass is 10.2. The van der Waals surface area contributed by atoms with Crippen molar-refractivity contribution in [3.8, 4) is 0 Å². The summed E-state index contributed by atoms with van der Waals surface area (Å²) < 4.78 is 23.0. The minimum absolute atomic E-state index is 0.0712. The summed E-state index contributed by atoms with van der Waals surface area (Å²) in [7, 11) is -3.47. The van der Waals surface area contributed by atoms with Crippen molar-refractivity contribution in [2.24, 2.45) is 0 Å². The third-order valence-corrected chi connectivity index (χ3v) is 3.76. The highest BCUT2D eigenvalue weighted by Gasteiger charge is 2.17. The van der Waals surface area contributed by atoms with E-state index < -0.39 is 15.8 Å². The van der Waals surface area contributed by atoms with E-state index in [-0.39, 0.29) is 21.9 Å². The topological polar surface area (TPSA) is 97.5 Å². The number of sulfone groups is 1. The van der Waals surface area contributed by atoms with Gasteiger partial charge in [-0.05, 0) is 18.2 Å². The van der Waals surface area contributed by atoms with Crippen molar-refractivity contribution < 1.29 is 18.3 Å². The number of hydrogen-bond acceptors (Lipinski definition) is 4. The molecule has 0 spiro atoms. The number of anilines is 1. The molecule has 15 heavy (non-hydrogen) atoms. The summed E-state index contributed by atoms with van der Waals surface area (Å²) >= 11 is 0. The highest BCUT2D eigenvalue weighted by atomic mass is 32.2. The molecule has 0 heterocycles. The van der Waals surface area contributed by atoms with Gasteiger partial charge in [0.05, 0.1) is 21.9 Å². The minimum Gasteiger partial charge on any atom is -0.478 e. The fourth-order valence-corrected chi connectivity index (χ4v) is 2.14. The van der Waals surface area contributed by atoms with E-state index in [1.165, 1.54) is 19.1 Å². The molecule has 82 valence electrons. The molecule has 0 saturated heterocycles. The average molecular weight is 229 g/mol. The Kier molecular flexibility index (Phi) is 2.99. The fourth-order valence-electron chi connectivity index (χ4n) is 1.09. The molecule has 0 aromatic heterocycles. The quantitative estimate of drug-likeness (QED) is 0.746. The fraction of sp³-hybridized carbons (Fsp3) is 0.222. The largest absolute Gasteiger partial charge is 0.478 e. The number of rotatable bonds is 3. The van der Waals surface area contributed by atoms with Crippen molar-refractivity contribution in [3.63, 3.8) is 0 Å². The van der Waals surface area contributed by atoms with Crippen LogP contribution in [0.15, 0.2) is 23.1 Å². The van der Waals surface area contributed by atoms with Crippen LogP contribution in [0.2, 0.25) is 0 Å². The molecule has 5 nitrogen and oxygen atoms in total. The first kappa shape index (κ1) is 11.5. The van der Waals surface area contributed by atoms with Gasteiger partial charge in [-0.2, -0.15) is 0 Å². The summed E-state index contributed by atoms with van der Waals surface area (Å²) in [4.78, 5) is 10.5. The molecular weight excluding hydrogens is 218 g/mol. The number of carboxylic acids is 1. The maximum Gasteiger partial charge on any atom is 0.335 e. The maximum atomic E-state index is 11.5. The van der Waals surface area contributed by atoms with Gasteiger partial charge >= 0.3 is 5.97 Å². The Labute approximate surface area is 87.4 Å². The van der Waals surface area contributed by atoms with Crippen LogP contribution >= 0.6 is 0 Å². The lowest BCUT2D eigenvalue weighted by Crippen LogP contribution is -2.09. The second-order valence-electron chi connectivity index (χ2n) is 2.96. The normalized spacial score (nSPS) is 11.3. The molecule has 3 N–H and O–H groups in total. The smallest absolute Gasteiger partial charge is 0.335 e. The van der Waals surface area contributed by atoms with Crippen LogP contribution in [-0.4, -0.2) is 25.2 Å². The number of aromatic carboxylic acids is 1. The van der Waals surface area contributed by atoms with E-state index in [0.29, 0.717) is 0 Å². The molecule has 0 aliphatic rings. The van der Waals surface area contributed by atoms with Crippen LogP contribution < -0.4 is 5.73 Å². The zero-order chi connectivity index (χ0) is 11.6. The number of nitrogen functional groups attached to an aromatic ring is 1. The van der Waals surface area contributed by atoms with Crippen molar-refractivity contribution in [1.29, 1.82) is 0 Å². The molecule has 0 saturated carbocycles. The third kappa shape index (κ3) is 2.27. The second-order valence-corrected chi connectivity index (χ2v) is 5.21. The van der Waals surface area contributed by atoms with Crippen molar-refractivity contribution in [2.45, 2.75) is 11.8 Å². The van der Waals surface area contributed by atoms with Crippen molar-refractivity contribution >= 4 is 21.5 Å². The third-order valence-electron chi connectivity index (χ3n) is 1.98. The van der Waals surface area contributed by atoms with Gasteiger partial charge in [-0.1, -0.05) is 6.92 Å². The Bertz CT molecular complexity index is 493. The summed E-state index contributed by atoms with van der Waals surface area (Å²) in [6.07, 6.45) is 0. The molecule has 0 atom stereocenters.